The first-order valence-corrected chi connectivity index (χ1v) is 5.94. The van der Waals surface area contributed by atoms with Gasteiger partial charge < -0.3 is 9.84 Å². The minimum atomic E-state index is 0.177. The molecule has 0 amide bonds. The van der Waals surface area contributed by atoms with Gasteiger partial charge in [0.1, 0.15) is 0 Å². The van der Waals surface area contributed by atoms with Gasteiger partial charge in [0.05, 0.1) is 24.2 Å². The third-order valence-electron chi connectivity index (χ3n) is 2.62. The lowest BCUT2D eigenvalue weighted by atomic mass is 10.2. The molecule has 2 aromatic rings. The van der Waals surface area contributed by atoms with Crippen LogP contribution in [-0.4, -0.2) is 33.8 Å². The molecule has 0 atom stereocenters. The monoisotopic (exact) mass is 247 g/mol. The van der Waals surface area contributed by atoms with Crippen LogP contribution in [0, 0.1) is 0 Å². The molecule has 1 aromatic heterocycles. The van der Waals surface area contributed by atoms with Gasteiger partial charge in [-0.2, -0.15) is 0 Å². The minimum absolute atomic E-state index is 0.177. The number of aromatic nitrogens is 3. The molecule has 1 heterocycles. The Bertz CT molecular complexity index is 496. The van der Waals surface area contributed by atoms with E-state index in [1.807, 2.05) is 30.5 Å². The number of aliphatic hydroxyl groups excluding tert-OH is 1. The molecule has 0 spiro atoms. The fourth-order valence-electron chi connectivity index (χ4n) is 1.75. The number of methoxy groups -OCH3 is 1. The van der Waals surface area contributed by atoms with Crippen LogP contribution in [0.5, 0.6) is 0 Å². The number of hydrogen-bond donors (Lipinski definition) is 1. The molecular weight excluding hydrogens is 230 g/mol. The second-order valence-electron chi connectivity index (χ2n) is 4.08. The molecule has 0 saturated carbocycles. The van der Waals surface area contributed by atoms with E-state index in [2.05, 4.69) is 10.3 Å². The Kier molecular flexibility index (Phi) is 4.44. The molecular formula is C13H17N3O2. The summed E-state index contributed by atoms with van der Waals surface area (Å²) in [5.74, 6) is 0. The molecule has 0 unspecified atom stereocenters. The smallest absolute Gasteiger partial charge is 0.0832 e. The van der Waals surface area contributed by atoms with Crippen LogP contribution in [0.15, 0.2) is 30.5 Å². The highest BCUT2D eigenvalue weighted by atomic mass is 16.5. The molecule has 2 rings (SSSR count). The summed E-state index contributed by atoms with van der Waals surface area (Å²) in [6.45, 7) is 0.760. The van der Waals surface area contributed by atoms with Gasteiger partial charge in [0.2, 0.25) is 0 Å². The van der Waals surface area contributed by atoms with Gasteiger partial charge in [0.15, 0.2) is 0 Å². The molecule has 0 aliphatic carbocycles. The lowest BCUT2D eigenvalue weighted by molar-refractivity contribution is 0.185. The van der Waals surface area contributed by atoms with Gasteiger partial charge in [-0.3, -0.25) is 0 Å². The van der Waals surface area contributed by atoms with Crippen molar-refractivity contribution in [3.8, 4) is 5.69 Å². The molecule has 5 heteroatoms. The largest absolute Gasteiger partial charge is 0.396 e. The van der Waals surface area contributed by atoms with Crippen LogP contribution >= 0.6 is 0 Å². The zero-order valence-electron chi connectivity index (χ0n) is 10.4. The highest BCUT2D eigenvalue weighted by molar-refractivity contribution is 5.34. The average Bonchev–Trinajstić information content (AvgIpc) is 2.86. The molecule has 18 heavy (non-hydrogen) atoms. The Labute approximate surface area is 106 Å². The van der Waals surface area contributed by atoms with Gasteiger partial charge in [-0.25, -0.2) is 4.68 Å². The van der Waals surface area contributed by atoms with Crippen LogP contribution in [-0.2, 0) is 17.8 Å². The Morgan fingerprint density at radius 1 is 1.39 bits per heavy atom. The maximum absolute atomic E-state index is 8.78. The highest BCUT2D eigenvalue weighted by Gasteiger charge is 2.03. The van der Waals surface area contributed by atoms with Gasteiger partial charge in [0, 0.05) is 13.7 Å². The molecule has 0 radical (unpaired) electrons. The van der Waals surface area contributed by atoms with E-state index in [1.54, 1.807) is 11.8 Å². The second kappa shape index (κ2) is 6.28. The van der Waals surface area contributed by atoms with E-state index in [1.165, 1.54) is 0 Å². The van der Waals surface area contributed by atoms with Crippen molar-refractivity contribution in [3.63, 3.8) is 0 Å². The summed E-state index contributed by atoms with van der Waals surface area (Å²) < 4.78 is 6.85. The first-order chi connectivity index (χ1) is 8.83. The third-order valence-corrected chi connectivity index (χ3v) is 2.62. The number of aryl methyl sites for hydroxylation is 1. The van der Waals surface area contributed by atoms with Gasteiger partial charge in [-0.1, -0.05) is 17.3 Å². The van der Waals surface area contributed by atoms with Gasteiger partial charge in [-0.05, 0) is 30.5 Å². The number of rotatable bonds is 6. The van der Waals surface area contributed by atoms with E-state index in [9.17, 15) is 0 Å². The summed E-state index contributed by atoms with van der Waals surface area (Å²) in [5.41, 5.74) is 2.95. The Morgan fingerprint density at radius 2 is 2.28 bits per heavy atom. The second-order valence-corrected chi connectivity index (χ2v) is 4.08. The molecule has 5 nitrogen and oxygen atoms in total. The Hall–Kier alpha value is -1.72. The predicted molar refractivity (Wildman–Crippen MR) is 67.5 cm³/mol. The van der Waals surface area contributed by atoms with Gasteiger partial charge in [-0.15, -0.1) is 5.10 Å². The molecule has 0 aliphatic rings. The van der Waals surface area contributed by atoms with Crippen molar-refractivity contribution in [2.75, 3.05) is 13.7 Å². The van der Waals surface area contributed by atoms with Crippen molar-refractivity contribution in [2.45, 2.75) is 19.4 Å². The Morgan fingerprint density at radius 3 is 3.06 bits per heavy atom. The first kappa shape index (κ1) is 12.7. The van der Waals surface area contributed by atoms with Crippen molar-refractivity contribution >= 4 is 0 Å². The SMILES string of the molecule is COCc1cccc(-n2cc(CCCO)nn2)c1. The normalized spacial score (nSPS) is 10.8. The fourth-order valence-corrected chi connectivity index (χ4v) is 1.75. The van der Waals surface area contributed by atoms with Crippen LogP contribution in [0.25, 0.3) is 5.69 Å². The van der Waals surface area contributed by atoms with Gasteiger partial charge in [0.25, 0.3) is 0 Å². The van der Waals surface area contributed by atoms with Crippen LogP contribution < -0.4 is 0 Å². The Balaban J connectivity index is 2.15. The summed E-state index contributed by atoms with van der Waals surface area (Å²) in [4.78, 5) is 0. The lowest BCUT2D eigenvalue weighted by Crippen LogP contribution is -1.96. The summed E-state index contributed by atoms with van der Waals surface area (Å²) >= 11 is 0. The van der Waals surface area contributed by atoms with Crippen molar-refractivity contribution < 1.29 is 9.84 Å². The number of benzene rings is 1. The standard InChI is InChI=1S/C13H17N3O2/c1-18-10-11-4-2-6-13(8-11)16-9-12(14-15-16)5-3-7-17/h2,4,6,8-9,17H,3,5,7,10H2,1H3. The number of nitrogens with zero attached hydrogens (tertiary/aromatic N) is 3. The molecule has 0 saturated heterocycles. The van der Waals surface area contributed by atoms with E-state index in [0.717, 1.165) is 23.4 Å². The van der Waals surface area contributed by atoms with Gasteiger partial charge >= 0.3 is 0 Å². The summed E-state index contributed by atoms with van der Waals surface area (Å²) in [5, 5.41) is 16.9. The van der Waals surface area contributed by atoms with Crippen LogP contribution in [0.2, 0.25) is 0 Å². The molecule has 0 fully saturated rings. The predicted octanol–water partition coefficient (Wildman–Crippen LogP) is 1.34. The molecule has 96 valence electrons. The van der Waals surface area contributed by atoms with E-state index in [-0.39, 0.29) is 6.61 Å². The number of ether oxygens (including phenoxy) is 1. The van der Waals surface area contributed by atoms with Crippen molar-refractivity contribution in [3.05, 3.63) is 41.7 Å². The average molecular weight is 247 g/mol. The number of aliphatic hydroxyl groups is 1. The molecule has 1 aromatic carbocycles. The van der Waals surface area contributed by atoms with E-state index < -0.39 is 0 Å². The molecule has 0 bridgehead atoms. The quantitative estimate of drug-likeness (QED) is 0.836. The zero-order valence-corrected chi connectivity index (χ0v) is 10.4. The maximum atomic E-state index is 8.78. The van der Waals surface area contributed by atoms with Crippen LogP contribution in [0.1, 0.15) is 17.7 Å². The summed E-state index contributed by atoms with van der Waals surface area (Å²) in [6, 6.07) is 7.98. The third kappa shape index (κ3) is 3.15. The van der Waals surface area contributed by atoms with E-state index in [4.69, 9.17) is 9.84 Å². The van der Waals surface area contributed by atoms with E-state index >= 15 is 0 Å². The fraction of sp³-hybridized carbons (Fsp3) is 0.385. The molecule has 1 N–H and O–H groups in total. The van der Waals surface area contributed by atoms with Crippen LogP contribution in [0.3, 0.4) is 0 Å². The van der Waals surface area contributed by atoms with E-state index in [0.29, 0.717) is 13.0 Å². The highest BCUT2D eigenvalue weighted by Crippen LogP contribution is 2.11. The van der Waals surface area contributed by atoms with Crippen molar-refractivity contribution in [2.24, 2.45) is 0 Å². The lowest BCUT2D eigenvalue weighted by Gasteiger charge is -2.03. The summed E-state index contributed by atoms with van der Waals surface area (Å²) in [6.07, 6.45) is 3.35. The van der Waals surface area contributed by atoms with Crippen molar-refractivity contribution in [1.82, 2.24) is 15.0 Å². The maximum Gasteiger partial charge on any atom is 0.0832 e. The minimum Gasteiger partial charge on any atom is -0.396 e. The summed E-state index contributed by atoms with van der Waals surface area (Å²) in [7, 11) is 1.68. The van der Waals surface area contributed by atoms with Crippen LogP contribution in [0.4, 0.5) is 0 Å². The molecule has 0 aliphatic heterocycles. The topological polar surface area (TPSA) is 60.2 Å². The number of hydrogen-bond acceptors (Lipinski definition) is 4. The zero-order chi connectivity index (χ0) is 12.8. The van der Waals surface area contributed by atoms with Crippen molar-refractivity contribution in [1.29, 1.82) is 0 Å². The first-order valence-electron chi connectivity index (χ1n) is 5.94.